The van der Waals surface area contributed by atoms with E-state index in [0.717, 1.165) is 19.3 Å². The molecular weight excluding hydrogens is 136 g/mol. The summed E-state index contributed by atoms with van der Waals surface area (Å²) in [5.41, 5.74) is 1.45. The normalized spacial score (nSPS) is 31.1. The smallest absolute Gasteiger partial charge is 0.139 e. The van der Waals surface area contributed by atoms with Crippen LogP contribution < -0.4 is 0 Å². The van der Waals surface area contributed by atoms with Gasteiger partial charge in [-0.05, 0) is 32.1 Å². The van der Waals surface area contributed by atoms with E-state index < -0.39 is 0 Å². The van der Waals surface area contributed by atoms with E-state index in [2.05, 4.69) is 6.08 Å². The van der Waals surface area contributed by atoms with Crippen molar-refractivity contribution in [3.8, 4) is 0 Å². The second-order valence-corrected chi connectivity index (χ2v) is 3.58. The van der Waals surface area contributed by atoms with E-state index in [1.807, 2.05) is 0 Å². The first-order chi connectivity index (χ1) is 5.38. The molecular formula is C10H14O. The molecule has 0 amide bonds. The van der Waals surface area contributed by atoms with Gasteiger partial charge in [-0.25, -0.2) is 0 Å². The Morgan fingerprint density at radius 3 is 2.73 bits per heavy atom. The molecule has 0 heterocycles. The first-order valence-electron chi connectivity index (χ1n) is 4.59. The maximum atomic E-state index is 11.3. The molecule has 0 aromatic heterocycles. The molecule has 2 rings (SSSR count). The third kappa shape index (κ3) is 1.24. The summed E-state index contributed by atoms with van der Waals surface area (Å²) in [6.07, 6.45) is 9.05. The van der Waals surface area contributed by atoms with Crippen molar-refractivity contribution in [1.29, 1.82) is 0 Å². The average molecular weight is 150 g/mol. The van der Waals surface area contributed by atoms with Gasteiger partial charge in [0, 0.05) is 12.3 Å². The largest absolute Gasteiger partial charge is 0.299 e. The van der Waals surface area contributed by atoms with Crippen LogP contribution in [0.1, 0.15) is 38.5 Å². The van der Waals surface area contributed by atoms with Gasteiger partial charge in [0.15, 0.2) is 0 Å². The summed E-state index contributed by atoms with van der Waals surface area (Å²) in [6.45, 7) is 0. The minimum Gasteiger partial charge on any atom is -0.299 e. The Morgan fingerprint density at radius 1 is 1.27 bits per heavy atom. The van der Waals surface area contributed by atoms with Crippen LogP contribution in [-0.2, 0) is 4.79 Å². The predicted octanol–water partition coefficient (Wildman–Crippen LogP) is 2.47. The first kappa shape index (κ1) is 7.08. The van der Waals surface area contributed by atoms with Crippen molar-refractivity contribution in [2.45, 2.75) is 38.5 Å². The number of ketones is 1. The molecule has 2 aliphatic rings. The highest BCUT2D eigenvalue weighted by Gasteiger charge is 2.28. The van der Waals surface area contributed by atoms with Crippen molar-refractivity contribution in [3.63, 3.8) is 0 Å². The first-order valence-corrected chi connectivity index (χ1v) is 4.59. The Balaban J connectivity index is 2.08. The molecule has 0 bridgehead atoms. The van der Waals surface area contributed by atoms with Crippen molar-refractivity contribution in [3.05, 3.63) is 11.6 Å². The number of carbonyl (C=O) groups excluding carboxylic acids is 1. The molecule has 0 radical (unpaired) electrons. The van der Waals surface area contributed by atoms with Crippen LogP contribution in [0.4, 0.5) is 0 Å². The van der Waals surface area contributed by atoms with Crippen molar-refractivity contribution in [2.24, 2.45) is 5.92 Å². The van der Waals surface area contributed by atoms with Crippen molar-refractivity contribution >= 4 is 5.78 Å². The lowest BCUT2D eigenvalue weighted by Gasteiger charge is -2.07. The summed E-state index contributed by atoms with van der Waals surface area (Å²) in [4.78, 5) is 11.3. The zero-order chi connectivity index (χ0) is 7.68. The van der Waals surface area contributed by atoms with Crippen LogP contribution in [0.25, 0.3) is 0 Å². The molecule has 1 nitrogen and oxygen atoms in total. The standard InChI is InChI=1S/C10H14O/c11-10-7-3-6-9(10)8-4-1-2-5-8/h4,9H,1-3,5-7H2/t9-/m0/s1. The SMILES string of the molecule is O=C1CCC[C@H]1C1=CCCC1. The minimum absolute atomic E-state index is 0.345. The summed E-state index contributed by atoms with van der Waals surface area (Å²) in [7, 11) is 0. The second-order valence-electron chi connectivity index (χ2n) is 3.58. The number of hydrogen-bond acceptors (Lipinski definition) is 1. The molecule has 1 saturated carbocycles. The fourth-order valence-corrected chi connectivity index (χ4v) is 2.22. The van der Waals surface area contributed by atoms with Crippen LogP contribution in [0.3, 0.4) is 0 Å². The van der Waals surface area contributed by atoms with Crippen molar-refractivity contribution in [2.75, 3.05) is 0 Å². The Hall–Kier alpha value is -0.590. The summed E-state index contributed by atoms with van der Waals surface area (Å²) >= 11 is 0. The van der Waals surface area contributed by atoms with E-state index in [4.69, 9.17) is 0 Å². The second kappa shape index (κ2) is 2.80. The zero-order valence-corrected chi connectivity index (χ0v) is 6.81. The fourth-order valence-electron chi connectivity index (χ4n) is 2.22. The van der Waals surface area contributed by atoms with Gasteiger partial charge in [0.05, 0.1) is 0 Å². The van der Waals surface area contributed by atoms with Gasteiger partial charge in [0.1, 0.15) is 5.78 Å². The lowest BCUT2D eigenvalue weighted by atomic mass is 9.96. The van der Waals surface area contributed by atoms with E-state index in [1.165, 1.54) is 24.8 Å². The average Bonchev–Trinajstić information content (AvgIpc) is 2.55. The molecule has 11 heavy (non-hydrogen) atoms. The monoisotopic (exact) mass is 150 g/mol. The maximum absolute atomic E-state index is 11.3. The molecule has 0 saturated heterocycles. The van der Waals surface area contributed by atoms with Gasteiger partial charge in [-0.15, -0.1) is 0 Å². The van der Waals surface area contributed by atoms with Gasteiger partial charge in [-0.3, -0.25) is 4.79 Å². The minimum atomic E-state index is 0.345. The zero-order valence-electron chi connectivity index (χ0n) is 6.81. The lowest BCUT2D eigenvalue weighted by Crippen LogP contribution is -2.07. The quantitative estimate of drug-likeness (QED) is 0.525. The molecule has 0 aromatic carbocycles. The van der Waals surface area contributed by atoms with E-state index >= 15 is 0 Å². The van der Waals surface area contributed by atoms with Crippen LogP contribution in [0, 0.1) is 5.92 Å². The molecule has 0 aliphatic heterocycles. The van der Waals surface area contributed by atoms with Crippen LogP contribution in [0.2, 0.25) is 0 Å². The Labute approximate surface area is 67.5 Å². The number of allylic oxidation sites excluding steroid dienone is 2. The van der Waals surface area contributed by atoms with Gasteiger partial charge >= 0.3 is 0 Å². The van der Waals surface area contributed by atoms with E-state index in [0.29, 0.717) is 11.7 Å². The van der Waals surface area contributed by atoms with Gasteiger partial charge in [0.2, 0.25) is 0 Å². The van der Waals surface area contributed by atoms with E-state index in [1.54, 1.807) is 0 Å². The Morgan fingerprint density at radius 2 is 2.18 bits per heavy atom. The molecule has 60 valence electrons. The van der Waals surface area contributed by atoms with Crippen LogP contribution in [0.5, 0.6) is 0 Å². The predicted molar refractivity (Wildman–Crippen MR) is 44.3 cm³/mol. The number of rotatable bonds is 1. The van der Waals surface area contributed by atoms with Crippen LogP contribution >= 0.6 is 0 Å². The molecule has 1 atom stereocenters. The van der Waals surface area contributed by atoms with Crippen molar-refractivity contribution < 1.29 is 4.79 Å². The molecule has 0 unspecified atom stereocenters. The summed E-state index contributed by atoms with van der Waals surface area (Å²) in [6, 6.07) is 0. The molecule has 0 aromatic rings. The Kier molecular flexibility index (Phi) is 1.80. The molecule has 1 heteroatoms. The lowest BCUT2D eigenvalue weighted by molar-refractivity contribution is -0.119. The van der Waals surface area contributed by atoms with Crippen LogP contribution in [0.15, 0.2) is 11.6 Å². The number of Topliss-reactive ketones (excluding diaryl/α,β-unsaturated/α-hetero) is 1. The molecule has 0 N–H and O–H groups in total. The fraction of sp³-hybridized carbons (Fsp3) is 0.700. The third-order valence-electron chi connectivity index (χ3n) is 2.83. The summed E-state index contributed by atoms with van der Waals surface area (Å²) in [5, 5.41) is 0. The van der Waals surface area contributed by atoms with Gasteiger partial charge < -0.3 is 0 Å². The van der Waals surface area contributed by atoms with Crippen molar-refractivity contribution in [1.82, 2.24) is 0 Å². The third-order valence-corrected chi connectivity index (χ3v) is 2.83. The molecule has 2 aliphatic carbocycles. The number of hydrogen-bond donors (Lipinski definition) is 0. The maximum Gasteiger partial charge on any atom is 0.139 e. The topological polar surface area (TPSA) is 17.1 Å². The highest BCUT2D eigenvalue weighted by Crippen LogP contribution is 2.34. The highest BCUT2D eigenvalue weighted by atomic mass is 16.1. The Bertz CT molecular complexity index is 203. The summed E-state index contributed by atoms with van der Waals surface area (Å²) in [5.74, 6) is 0.843. The van der Waals surface area contributed by atoms with Gasteiger partial charge in [0.25, 0.3) is 0 Å². The van der Waals surface area contributed by atoms with Crippen LogP contribution in [-0.4, -0.2) is 5.78 Å². The molecule has 0 spiro atoms. The van der Waals surface area contributed by atoms with Gasteiger partial charge in [-0.1, -0.05) is 11.6 Å². The van der Waals surface area contributed by atoms with E-state index in [-0.39, 0.29) is 0 Å². The van der Waals surface area contributed by atoms with Gasteiger partial charge in [-0.2, -0.15) is 0 Å². The van der Waals surface area contributed by atoms with E-state index in [9.17, 15) is 4.79 Å². The highest BCUT2D eigenvalue weighted by molar-refractivity contribution is 5.85. The number of carbonyl (C=O) groups is 1. The molecule has 1 fully saturated rings. The summed E-state index contributed by atoms with van der Waals surface area (Å²) < 4.78 is 0.